The Morgan fingerprint density at radius 2 is 2.00 bits per heavy atom. The van der Waals surface area contributed by atoms with Gasteiger partial charge in [0.25, 0.3) is 5.91 Å². The first kappa shape index (κ1) is 13.4. The maximum absolute atomic E-state index is 12.5. The maximum Gasteiger partial charge on any atom is 0.254 e. The summed E-state index contributed by atoms with van der Waals surface area (Å²) in [4.78, 5) is 14.2. The predicted octanol–water partition coefficient (Wildman–Crippen LogP) is 3.73. The normalized spacial score (nSPS) is 12.2. The SMILES string of the molecule is Cc1ccc(C(=O)N(C)C(C)c2ccco2)c(C)c1. The minimum absolute atomic E-state index is 0.0152. The summed E-state index contributed by atoms with van der Waals surface area (Å²) in [6.45, 7) is 5.95. The molecule has 1 amide bonds. The van der Waals surface area contributed by atoms with Crippen LogP contribution in [0.1, 0.15) is 40.2 Å². The Morgan fingerprint density at radius 3 is 2.58 bits per heavy atom. The van der Waals surface area contributed by atoms with E-state index in [1.165, 1.54) is 0 Å². The van der Waals surface area contributed by atoms with Crippen LogP contribution in [0, 0.1) is 13.8 Å². The molecule has 2 rings (SSSR count). The zero-order valence-electron chi connectivity index (χ0n) is 11.8. The van der Waals surface area contributed by atoms with Crippen molar-refractivity contribution in [1.29, 1.82) is 0 Å². The van der Waals surface area contributed by atoms with E-state index in [9.17, 15) is 4.79 Å². The van der Waals surface area contributed by atoms with Gasteiger partial charge >= 0.3 is 0 Å². The van der Waals surface area contributed by atoms with Crippen LogP contribution >= 0.6 is 0 Å². The monoisotopic (exact) mass is 257 g/mol. The highest BCUT2D eigenvalue weighted by atomic mass is 16.3. The smallest absolute Gasteiger partial charge is 0.254 e. The lowest BCUT2D eigenvalue weighted by Crippen LogP contribution is -2.30. The average Bonchev–Trinajstić information content (AvgIpc) is 2.90. The van der Waals surface area contributed by atoms with Crippen molar-refractivity contribution in [2.45, 2.75) is 26.8 Å². The highest BCUT2D eigenvalue weighted by molar-refractivity contribution is 5.95. The molecule has 0 aliphatic rings. The van der Waals surface area contributed by atoms with Gasteiger partial charge in [-0.05, 0) is 44.5 Å². The van der Waals surface area contributed by atoms with Crippen molar-refractivity contribution in [3.63, 3.8) is 0 Å². The molecule has 0 N–H and O–H groups in total. The number of furan rings is 1. The van der Waals surface area contributed by atoms with E-state index in [0.29, 0.717) is 0 Å². The molecule has 1 atom stereocenters. The van der Waals surface area contributed by atoms with E-state index in [0.717, 1.165) is 22.5 Å². The molecule has 0 aliphatic heterocycles. The van der Waals surface area contributed by atoms with Crippen LogP contribution in [0.25, 0.3) is 0 Å². The number of rotatable bonds is 3. The van der Waals surface area contributed by atoms with Crippen LogP contribution in [-0.2, 0) is 0 Å². The van der Waals surface area contributed by atoms with E-state index in [-0.39, 0.29) is 11.9 Å². The third kappa shape index (κ3) is 2.70. The molecule has 3 heteroatoms. The summed E-state index contributed by atoms with van der Waals surface area (Å²) in [5.41, 5.74) is 2.91. The number of hydrogen-bond donors (Lipinski definition) is 0. The van der Waals surface area contributed by atoms with Crippen LogP contribution in [0.15, 0.2) is 41.0 Å². The molecule has 1 aromatic carbocycles. The minimum atomic E-state index is -0.0804. The summed E-state index contributed by atoms with van der Waals surface area (Å²) in [6.07, 6.45) is 1.63. The minimum Gasteiger partial charge on any atom is -0.467 e. The van der Waals surface area contributed by atoms with Crippen LogP contribution < -0.4 is 0 Å². The first-order chi connectivity index (χ1) is 9.00. The molecule has 19 heavy (non-hydrogen) atoms. The van der Waals surface area contributed by atoms with Gasteiger partial charge in [-0.1, -0.05) is 17.7 Å². The summed E-state index contributed by atoms with van der Waals surface area (Å²) >= 11 is 0. The van der Waals surface area contributed by atoms with Gasteiger partial charge in [-0.3, -0.25) is 4.79 Å². The van der Waals surface area contributed by atoms with E-state index < -0.39 is 0 Å². The summed E-state index contributed by atoms with van der Waals surface area (Å²) in [5.74, 6) is 0.807. The Bertz CT molecular complexity index is 572. The molecule has 1 heterocycles. The van der Waals surface area contributed by atoms with E-state index in [4.69, 9.17) is 4.42 Å². The Hall–Kier alpha value is -2.03. The number of benzene rings is 1. The molecule has 0 radical (unpaired) electrons. The fourth-order valence-electron chi connectivity index (χ4n) is 2.14. The summed E-state index contributed by atoms with van der Waals surface area (Å²) in [5, 5.41) is 0. The van der Waals surface area contributed by atoms with Gasteiger partial charge in [0.2, 0.25) is 0 Å². The van der Waals surface area contributed by atoms with Gasteiger partial charge in [0.1, 0.15) is 5.76 Å². The van der Waals surface area contributed by atoms with Gasteiger partial charge < -0.3 is 9.32 Å². The molecule has 3 nitrogen and oxygen atoms in total. The van der Waals surface area contributed by atoms with Crippen LogP contribution in [0.5, 0.6) is 0 Å². The maximum atomic E-state index is 12.5. The highest BCUT2D eigenvalue weighted by Crippen LogP contribution is 2.22. The van der Waals surface area contributed by atoms with E-state index in [1.807, 2.05) is 51.1 Å². The number of aryl methyl sites for hydroxylation is 2. The van der Waals surface area contributed by atoms with Gasteiger partial charge in [0.05, 0.1) is 12.3 Å². The number of amides is 1. The molecule has 0 aliphatic carbocycles. The van der Waals surface area contributed by atoms with Crippen molar-refractivity contribution in [3.8, 4) is 0 Å². The van der Waals surface area contributed by atoms with E-state index in [2.05, 4.69) is 0 Å². The zero-order chi connectivity index (χ0) is 14.0. The molecule has 2 aromatic rings. The van der Waals surface area contributed by atoms with E-state index in [1.54, 1.807) is 18.2 Å². The standard InChI is InChI=1S/C16H19NO2/c1-11-7-8-14(12(2)10-11)16(18)17(4)13(3)15-6-5-9-19-15/h5-10,13H,1-4H3. The number of carbonyl (C=O) groups is 1. The summed E-state index contributed by atoms with van der Waals surface area (Å²) < 4.78 is 5.36. The molecule has 1 aromatic heterocycles. The van der Waals surface area contributed by atoms with Gasteiger partial charge in [-0.15, -0.1) is 0 Å². The second-order valence-electron chi connectivity index (χ2n) is 4.93. The van der Waals surface area contributed by atoms with Crippen molar-refractivity contribution in [3.05, 3.63) is 59.0 Å². The average molecular weight is 257 g/mol. The molecule has 0 bridgehead atoms. The second-order valence-corrected chi connectivity index (χ2v) is 4.93. The molecule has 0 spiro atoms. The molecule has 0 saturated carbocycles. The number of nitrogens with zero attached hydrogens (tertiary/aromatic N) is 1. The molecular weight excluding hydrogens is 238 g/mol. The van der Waals surface area contributed by atoms with Gasteiger partial charge in [-0.2, -0.15) is 0 Å². The largest absolute Gasteiger partial charge is 0.467 e. The van der Waals surface area contributed by atoms with Crippen LogP contribution in [0.2, 0.25) is 0 Å². The third-order valence-electron chi connectivity index (χ3n) is 3.47. The quantitative estimate of drug-likeness (QED) is 0.839. The lowest BCUT2D eigenvalue weighted by Gasteiger charge is -2.24. The molecule has 0 fully saturated rings. The molecule has 1 unspecified atom stereocenters. The predicted molar refractivity (Wildman–Crippen MR) is 75.1 cm³/mol. The highest BCUT2D eigenvalue weighted by Gasteiger charge is 2.21. The number of hydrogen-bond acceptors (Lipinski definition) is 2. The number of carbonyl (C=O) groups excluding carboxylic acids is 1. The molecule has 100 valence electrons. The van der Waals surface area contributed by atoms with Gasteiger partial charge in [0.15, 0.2) is 0 Å². The molecular formula is C16H19NO2. The lowest BCUT2D eigenvalue weighted by atomic mass is 10.0. The van der Waals surface area contributed by atoms with Crippen LogP contribution in [0.4, 0.5) is 0 Å². The van der Waals surface area contributed by atoms with Gasteiger partial charge in [0, 0.05) is 12.6 Å². The Balaban J connectivity index is 2.24. The first-order valence-corrected chi connectivity index (χ1v) is 6.38. The second kappa shape index (κ2) is 5.31. The van der Waals surface area contributed by atoms with Crippen molar-refractivity contribution in [2.24, 2.45) is 0 Å². The van der Waals surface area contributed by atoms with Crippen LogP contribution in [0.3, 0.4) is 0 Å². The zero-order valence-corrected chi connectivity index (χ0v) is 11.8. The Labute approximate surface area is 113 Å². The lowest BCUT2D eigenvalue weighted by molar-refractivity contribution is 0.0725. The fourth-order valence-corrected chi connectivity index (χ4v) is 2.14. The van der Waals surface area contributed by atoms with E-state index >= 15 is 0 Å². The van der Waals surface area contributed by atoms with Gasteiger partial charge in [-0.25, -0.2) is 0 Å². The Morgan fingerprint density at radius 1 is 1.26 bits per heavy atom. The first-order valence-electron chi connectivity index (χ1n) is 6.38. The van der Waals surface area contributed by atoms with Crippen molar-refractivity contribution < 1.29 is 9.21 Å². The van der Waals surface area contributed by atoms with Crippen molar-refractivity contribution >= 4 is 5.91 Å². The summed E-state index contributed by atoms with van der Waals surface area (Å²) in [7, 11) is 1.80. The van der Waals surface area contributed by atoms with Crippen molar-refractivity contribution in [2.75, 3.05) is 7.05 Å². The summed E-state index contributed by atoms with van der Waals surface area (Å²) in [6, 6.07) is 9.52. The topological polar surface area (TPSA) is 33.5 Å². The Kier molecular flexibility index (Phi) is 3.74. The molecule has 0 saturated heterocycles. The van der Waals surface area contributed by atoms with Crippen LogP contribution in [-0.4, -0.2) is 17.9 Å². The third-order valence-corrected chi connectivity index (χ3v) is 3.47. The fraction of sp³-hybridized carbons (Fsp3) is 0.312. The van der Waals surface area contributed by atoms with Crippen molar-refractivity contribution in [1.82, 2.24) is 4.90 Å².